The zero-order valence-electron chi connectivity index (χ0n) is 12.1. The molecular formula is C13H11F6N3O2. The van der Waals surface area contributed by atoms with Crippen molar-refractivity contribution in [1.82, 2.24) is 9.80 Å². The van der Waals surface area contributed by atoms with Crippen molar-refractivity contribution in [2.45, 2.75) is 12.4 Å². The largest absolute Gasteiger partial charge is 0.416 e. The number of amides is 4. The smallest absolute Gasteiger partial charge is 0.326 e. The highest BCUT2D eigenvalue weighted by atomic mass is 19.4. The lowest BCUT2D eigenvalue weighted by Gasteiger charge is -2.17. The third kappa shape index (κ3) is 3.71. The average molecular weight is 355 g/mol. The number of alkyl halides is 6. The quantitative estimate of drug-likeness (QED) is 0.783. The number of halogens is 6. The van der Waals surface area contributed by atoms with Crippen LogP contribution >= 0.6 is 0 Å². The molecule has 0 bridgehead atoms. The summed E-state index contributed by atoms with van der Waals surface area (Å²) in [4.78, 5) is 25.4. The van der Waals surface area contributed by atoms with Gasteiger partial charge in [-0.05, 0) is 18.2 Å². The van der Waals surface area contributed by atoms with Gasteiger partial charge in [-0.1, -0.05) is 0 Å². The molecule has 1 saturated heterocycles. The first-order valence-electron chi connectivity index (χ1n) is 6.52. The third-order valence-electron chi connectivity index (χ3n) is 3.30. The summed E-state index contributed by atoms with van der Waals surface area (Å²) in [5, 5.41) is 1.90. The highest BCUT2D eigenvalue weighted by molar-refractivity contribution is 6.01. The number of imide groups is 1. The molecule has 4 amide bonds. The Morgan fingerprint density at radius 3 is 1.88 bits per heavy atom. The van der Waals surface area contributed by atoms with Gasteiger partial charge in [0.15, 0.2) is 0 Å². The van der Waals surface area contributed by atoms with Crippen molar-refractivity contribution >= 4 is 17.7 Å². The second-order valence-corrected chi connectivity index (χ2v) is 5.08. The fourth-order valence-electron chi connectivity index (χ4n) is 2.05. The molecule has 0 spiro atoms. The number of carbonyl (C=O) groups excluding carboxylic acids is 2. The number of rotatable bonds is 1. The summed E-state index contributed by atoms with van der Waals surface area (Å²) in [5.41, 5.74) is -3.82. The number of likely N-dealkylation sites (N-methyl/N-ethyl adjacent to an activating group) is 1. The molecule has 0 atom stereocenters. The van der Waals surface area contributed by atoms with Crippen LogP contribution in [0, 0.1) is 0 Å². The van der Waals surface area contributed by atoms with E-state index in [1.807, 2.05) is 5.32 Å². The normalized spacial score (nSPS) is 15.9. The zero-order valence-corrected chi connectivity index (χ0v) is 12.1. The maximum Gasteiger partial charge on any atom is 0.416 e. The van der Waals surface area contributed by atoms with Gasteiger partial charge in [-0.15, -0.1) is 0 Å². The maximum absolute atomic E-state index is 12.7. The van der Waals surface area contributed by atoms with Gasteiger partial charge in [0.05, 0.1) is 11.1 Å². The van der Waals surface area contributed by atoms with Crippen LogP contribution in [0.4, 0.5) is 41.6 Å². The van der Waals surface area contributed by atoms with Gasteiger partial charge in [0.1, 0.15) is 0 Å². The number of anilines is 1. The highest BCUT2D eigenvalue weighted by Gasteiger charge is 2.37. The van der Waals surface area contributed by atoms with Crippen LogP contribution in [0.15, 0.2) is 18.2 Å². The Labute approximate surface area is 131 Å². The molecular weight excluding hydrogens is 344 g/mol. The van der Waals surface area contributed by atoms with Gasteiger partial charge in [-0.3, -0.25) is 0 Å². The third-order valence-corrected chi connectivity index (χ3v) is 3.30. The molecule has 11 heteroatoms. The standard InChI is InChI=1S/C13H11F6N3O2/c1-21-2-3-22(11(21)24)10(23)20-9-5-7(12(14,15)16)4-8(6-9)13(17,18)19/h4-6H,2-3H2,1H3,(H,20,23). The van der Waals surface area contributed by atoms with E-state index in [0.29, 0.717) is 17.0 Å². The molecule has 0 aliphatic carbocycles. The van der Waals surface area contributed by atoms with Crippen LogP contribution in [-0.2, 0) is 12.4 Å². The van der Waals surface area contributed by atoms with Crippen molar-refractivity contribution in [2.24, 2.45) is 0 Å². The minimum absolute atomic E-state index is 0.0216. The van der Waals surface area contributed by atoms with E-state index in [0.717, 1.165) is 0 Å². The van der Waals surface area contributed by atoms with Crippen LogP contribution < -0.4 is 5.32 Å². The molecule has 24 heavy (non-hydrogen) atoms. The van der Waals surface area contributed by atoms with Crippen molar-refractivity contribution < 1.29 is 35.9 Å². The second-order valence-electron chi connectivity index (χ2n) is 5.08. The predicted octanol–water partition coefficient (Wildman–Crippen LogP) is 3.62. The van der Waals surface area contributed by atoms with E-state index in [-0.39, 0.29) is 19.2 Å². The van der Waals surface area contributed by atoms with Crippen LogP contribution in [0.25, 0.3) is 0 Å². The fraction of sp³-hybridized carbons (Fsp3) is 0.385. The lowest BCUT2D eigenvalue weighted by Crippen LogP contribution is -2.38. The molecule has 0 unspecified atom stereocenters. The molecule has 1 aliphatic rings. The molecule has 1 aromatic carbocycles. The number of urea groups is 2. The summed E-state index contributed by atoms with van der Waals surface area (Å²) >= 11 is 0. The van der Waals surface area contributed by atoms with Gasteiger partial charge in [0.2, 0.25) is 0 Å². The van der Waals surface area contributed by atoms with E-state index in [9.17, 15) is 35.9 Å². The van der Waals surface area contributed by atoms with Crippen molar-refractivity contribution in [3.8, 4) is 0 Å². The Morgan fingerprint density at radius 2 is 1.50 bits per heavy atom. The molecule has 1 aliphatic heterocycles. The van der Waals surface area contributed by atoms with Gasteiger partial charge in [-0.2, -0.15) is 26.3 Å². The number of benzene rings is 1. The number of hydrogen-bond donors (Lipinski definition) is 1. The summed E-state index contributed by atoms with van der Waals surface area (Å²) in [6, 6.07) is -1.11. The number of carbonyl (C=O) groups is 2. The molecule has 0 aromatic heterocycles. The number of nitrogens with one attached hydrogen (secondary N) is 1. The first-order valence-corrected chi connectivity index (χ1v) is 6.52. The Bertz CT molecular complexity index is 638. The van der Waals surface area contributed by atoms with Crippen LogP contribution in [0.2, 0.25) is 0 Å². The monoisotopic (exact) mass is 355 g/mol. The van der Waals surface area contributed by atoms with Crippen LogP contribution in [0.3, 0.4) is 0 Å². The Morgan fingerprint density at radius 1 is 1.00 bits per heavy atom. The van der Waals surface area contributed by atoms with E-state index >= 15 is 0 Å². The molecule has 5 nitrogen and oxygen atoms in total. The van der Waals surface area contributed by atoms with Crippen molar-refractivity contribution in [1.29, 1.82) is 0 Å². The fourth-order valence-corrected chi connectivity index (χ4v) is 2.05. The van der Waals surface area contributed by atoms with E-state index in [1.165, 1.54) is 11.9 Å². The molecule has 132 valence electrons. The first-order chi connectivity index (χ1) is 10.9. The van der Waals surface area contributed by atoms with E-state index in [2.05, 4.69) is 0 Å². The molecule has 1 N–H and O–H groups in total. The Balaban J connectivity index is 2.32. The van der Waals surface area contributed by atoms with Crippen molar-refractivity contribution in [2.75, 3.05) is 25.5 Å². The van der Waals surface area contributed by atoms with E-state index < -0.39 is 41.2 Å². The molecule has 1 heterocycles. The van der Waals surface area contributed by atoms with E-state index in [4.69, 9.17) is 0 Å². The molecule has 1 fully saturated rings. The van der Waals surface area contributed by atoms with Crippen LogP contribution in [-0.4, -0.2) is 42.0 Å². The summed E-state index contributed by atoms with van der Waals surface area (Å²) in [6.45, 7) is 0.189. The first kappa shape index (κ1) is 17.9. The number of hydrogen-bond acceptors (Lipinski definition) is 2. The summed E-state index contributed by atoms with van der Waals surface area (Å²) in [7, 11) is 1.40. The van der Waals surface area contributed by atoms with Crippen LogP contribution in [0.5, 0.6) is 0 Å². The van der Waals surface area contributed by atoms with Gasteiger partial charge < -0.3 is 10.2 Å². The van der Waals surface area contributed by atoms with Crippen LogP contribution in [0.1, 0.15) is 11.1 Å². The van der Waals surface area contributed by atoms with Crippen molar-refractivity contribution in [3.05, 3.63) is 29.3 Å². The van der Waals surface area contributed by atoms with Gasteiger partial charge in [0, 0.05) is 25.8 Å². The summed E-state index contributed by atoms with van der Waals surface area (Å²) < 4.78 is 76.4. The molecule has 2 rings (SSSR count). The lowest BCUT2D eigenvalue weighted by atomic mass is 10.1. The van der Waals surface area contributed by atoms with E-state index in [1.54, 1.807) is 0 Å². The maximum atomic E-state index is 12.7. The predicted molar refractivity (Wildman–Crippen MR) is 70.2 cm³/mol. The van der Waals surface area contributed by atoms with Crippen molar-refractivity contribution in [3.63, 3.8) is 0 Å². The van der Waals surface area contributed by atoms with Gasteiger partial charge >= 0.3 is 24.4 Å². The second kappa shape index (κ2) is 5.87. The summed E-state index contributed by atoms with van der Waals surface area (Å²) in [5.74, 6) is 0. The number of nitrogens with zero attached hydrogens (tertiary/aromatic N) is 2. The average Bonchev–Trinajstić information content (AvgIpc) is 2.77. The SMILES string of the molecule is CN1CCN(C(=O)Nc2cc(C(F)(F)F)cc(C(F)(F)F)c2)C1=O. The topological polar surface area (TPSA) is 52.6 Å². The zero-order chi connectivity index (χ0) is 18.3. The molecule has 1 aromatic rings. The Hall–Kier alpha value is -2.46. The summed E-state index contributed by atoms with van der Waals surface area (Å²) in [6.07, 6.45) is -10.0. The van der Waals surface area contributed by atoms with Gasteiger partial charge in [0.25, 0.3) is 0 Å². The highest BCUT2D eigenvalue weighted by Crippen LogP contribution is 2.37. The molecule has 0 radical (unpaired) electrons. The molecule has 0 saturated carbocycles. The van der Waals surface area contributed by atoms with Gasteiger partial charge in [-0.25, -0.2) is 14.5 Å². The lowest BCUT2D eigenvalue weighted by molar-refractivity contribution is -0.143. The minimum Gasteiger partial charge on any atom is -0.326 e. The Kier molecular flexibility index (Phi) is 4.38. The minimum atomic E-state index is -5.02.